The molecule has 9 heteroatoms. The van der Waals surface area contributed by atoms with E-state index in [9.17, 15) is 4.79 Å². The van der Waals surface area contributed by atoms with Gasteiger partial charge < -0.3 is 20.0 Å². The summed E-state index contributed by atoms with van der Waals surface area (Å²) in [4.78, 5) is 25.6. The summed E-state index contributed by atoms with van der Waals surface area (Å²) in [5.74, 6) is 1.62. The molecule has 0 aliphatic carbocycles. The Hall–Kier alpha value is -4.27. The van der Waals surface area contributed by atoms with Crippen LogP contribution >= 0.6 is 0 Å². The second-order valence-corrected chi connectivity index (χ2v) is 7.77. The number of hydrogen-bond acceptors (Lipinski definition) is 8. The molecule has 0 atom stereocenters. The van der Waals surface area contributed by atoms with Crippen LogP contribution in [-0.2, 0) is 11.2 Å². The van der Waals surface area contributed by atoms with Crippen molar-refractivity contribution in [3.05, 3.63) is 72.4 Å². The lowest BCUT2D eigenvalue weighted by Gasteiger charge is -2.35. The minimum atomic E-state index is 0.129. The number of piperazine rings is 1. The Morgan fingerprint density at radius 1 is 0.909 bits per heavy atom. The molecule has 3 heterocycles. The van der Waals surface area contributed by atoms with Crippen LogP contribution in [0.2, 0.25) is 0 Å². The molecule has 1 fully saturated rings. The number of amides is 1. The summed E-state index contributed by atoms with van der Waals surface area (Å²) < 4.78 is 5.81. The maximum absolute atomic E-state index is 12.6. The number of nitrogens with zero attached hydrogens (tertiary/aromatic N) is 6. The van der Waals surface area contributed by atoms with Crippen LogP contribution in [0.5, 0.6) is 0 Å². The van der Waals surface area contributed by atoms with E-state index in [0.717, 1.165) is 11.1 Å². The first-order valence-electron chi connectivity index (χ1n) is 10.8. The lowest BCUT2D eigenvalue weighted by atomic mass is 10.1. The molecule has 2 N–H and O–H groups in total. The molecule has 9 nitrogen and oxygen atoms in total. The number of nitrogen functional groups attached to an aromatic ring is 1. The van der Waals surface area contributed by atoms with Crippen molar-refractivity contribution < 1.29 is 9.21 Å². The molecule has 5 rings (SSSR count). The molecule has 0 radical (unpaired) electrons. The molecule has 33 heavy (non-hydrogen) atoms. The molecule has 166 valence electrons. The number of hydrogen-bond donors (Lipinski definition) is 1. The average Bonchev–Trinajstić information content (AvgIpc) is 3.36. The number of rotatable bonds is 5. The highest BCUT2D eigenvalue weighted by atomic mass is 16.4. The molecule has 4 aromatic rings. The van der Waals surface area contributed by atoms with Gasteiger partial charge in [0, 0.05) is 31.7 Å². The second-order valence-electron chi connectivity index (χ2n) is 7.77. The van der Waals surface area contributed by atoms with Gasteiger partial charge in [-0.2, -0.15) is 0 Å². The van der Waals surface area contributed by atoms with Gasteiger partial charge in [-0.3, -0.25) is 4.79 Å². The number of anilines is 2. The van der Waals surface area contributed by atoms with E-state index in [4.69, 9.17) is 10.2 Å². The Kier molecular flexibility index (Phi) is 5.67. The van der Waals surface area contributed by atoms with Gasteiger partial charge >= 0.3 is 0 Å². The monoisotopic (exact) mass is 441 g/mol. The summed E-state index contributed by atoms with van der Waals surface area (Å²) in [7, 11) is 0. The van der Waals surface area contributed by atoms with Gasteiger partial charge in [0.15, 0.2) is 11.5 Å². The fourth-order valence-corrected chi connectivity index (χ4v) is 3.78. The zero-order chi connectivity index (χ0) is 22.6. The first kappa shape index (κ1) is 20.6. The summed E-state index contributed by atoms with van der Waals surface area (Å²) in [5.41, 5.74) is 8.25. The predicted octanol–water partition coefficient (Wildman–Crippen LogP) is 2.67. The number of aromatic nitrogens is 4. The van der Waals surface area contributed by atoms with E-state index in [2.05, 4.69) is 25.1 Å². The highest BCUT2D eigenvalue weighted by Gasteiger charge is 2.24. The maximum Gasteiger partial charge on any atom is 0.270 e. The summed E-state index contributed by atoms with van der Waals surface area (Å²) in [6.45, 7) is 2.53. The molecule has 0 spiro atoms. The highest BCUT2D eigenvalue weighted by molar-refractivity contribution is 5.79. The Balaban J connectivity index is 1.27. The van der Waals surface area contributed by atoms with Crippen LogP contribution < -0.4 is 10.6 Å². The summed E-state index contributed by atoms with van der Waals surface area (Å²) >= 11 is 0. The van der Waals surface area contributed by atoms with Crippen molar-refractivity contribution >= 4 is 17.5 Å². The lowest BCUT2D eigenvalue weighted by Crippen LogP contribution is -2.49. The van der Waals surface area contributed by atoms with Crippen molar-refractivity contribution in [1.82, 2.24) is 25.1 Å². The first-order chi connectivity index (χ1) is 16.2. The van der Waals surface area contributed by atoms with Crippen LogP contribution in [-0.4, -0.2) is 57.2 Å². The van der Waals surface area contributed by atoms with E-state index < -0.39 is 0 Å². The zero-order valence-electron chi connectivity index (χ0n) is 18.0. The van der Waals surface area contributed by atoms with E-state index in [-0.39, 0.29) is 17.6 Å². The van der Waals surface area contributed by atoms with Crippen molar-refractivity contribution in [1.29, 1.82) is 0 Å². The molecule has 0 unspecified atom stereocenters. The molecule has 0 saturated carbocycles. The van der Waals surface area contributed by atoms with Crippen LogP contribution in [0.4, 0.5) is 11.6 Å². The van der Waals surface area contributed by atoms with Crippen LogP contribution in [0, 0.1) is 0 Å². The lowest BCUT2D eigenvalue weighted by molar-refractivity contribution is -0.130. The molecular formula is C24H23N7O2. The molecule has 1 aliphatic heterocycles. The van der Waals surface area contributed by atoms with Crippen LogP contribution in [0.15, 0.2) is 71.3 Å². The van der Waals surface area contributed by atoms with Crippen molar-refractivity contribution in [2.24, 2.45) is 0 Å². The van der Waals surface area contributed by atoms with Gasteiger partial charge in [0.1, 0.15) is 5.82 Å². The van der Waals surface area contributed by atoms with Gasteiger partial charge in [-0.15, -0.1) is 10.2 Å². The highest BCUT2D eigenvalue weighted by Crippen LogP contribution is 2.27. The third kappa shape index (κ3) is 4.52. The van der Waals surface area contributed by atoms with E-state index >= 15 is 0 Å². The number of nitrogens with two attached hydrogens (primary N) is 1. The largest absolute Gasteiger partial charge is 0.414 e. The molecule has 1 amide bonds. The Bertz CT molecular complexity index is 1240. The van der Waals surface area contributed by atoms with Gasteiger partial charge in [-0.25, -0.2) is 9.97 Å². The molecule has 1 aliphatic rings. The standard InChI is InChI=1S/C24H23N7O2/c25-22-21(24-29-28-23(33-24)18-9-5-2-6-10-18)27-19(16-26-22)30-11-13-31(14-12-30)20(32)15-17-7-3-1-4-8-17/h1-10,16H,11-15H2,(H2,25,26). The van der Waals surface area contributed by atoms with E-state index in [1.54, 1.807) is 6.20 Å². The number of benzene rings is 2. The van der Waals surface area contributed by atoms with Gasteiger partial charge in [-0.1, -0.05) is 48.5 Å². The summed E-state index contributed by atoms with van der Waals surface area (Å²) in [6.07, 6.45) is 2.04. The van der Waals surface area contributed by atoms with E-state index in [0.29, 0.717) is 50.0 Å². The van der Waals surface area contributed by atoms with Crippen molar-refractivity contribution in [2.45, 2.75) is 6.42 Å². The van der Waals surface area contributed by atoms with Crippen LogP contribution in [0.1, 0.15) is 5.56 Å². The molecule has 1 saturated heterocycles. The zero-order valence-corrected chi connectivity index (χ0v) is 18.0. The van der Waals surface area contributed by atoms with E-state index in [1.807, 2.05) is 65.6 Å². The molecular weight excluding hydrogens is 418 g/mol. The first-order valence-corrected chi connectivity index (χ1v) is 10.8. The summed E-state index contributed by atoms with van der Waals surface area (Å²) in [6, 6.07) is 19.3. The minimum absolute atomic E-state index is 0.129. The van der Waals surface area contributed by atoms with Crippen molar-refractivity contribution in [2.75, 3.05) is 36.8 Å². The van der Waals surface area contributed by atoms with Crippen LogP contribution in [0.3, 0.4) is 0 Å². The van der Waals surface area contributed by atoms with Gasteiger partial charge in [0.05, 0.1) is 12.6 Å². The third-order valence-electron chi connectivity index (χ3n) is 5.59. The van der Waals surface area contributed by atoms with Gasteiger partial charge in [-0.05, 0) is 17.7 Å². The second kappa shape index (κ2) is 9.07. The predicted molar refractivity (Wildman–Crippen MR) is 124 cm³/mol. The third-order valence-corrected chi connectivity index (χ3v) is 5.59. The van der Waals surface area contributed by atoms with E-state index in [1.165, 1.54) is 0 Å². The Morgan fingerprint density at radius 2 is 1.58 bits per heavy atom. The van der Waals surface area contributed by atoms with Crippen LogP contribution in [0.25, 0.3) is 23.0 Å². The number of carbonyl (C=O) groups is 1. The SMILES string of the molecule is Nc1ncc(N2CCN(C(=O)Cc3ccccc3)CC2)nc1-c1nnc(-c2ccccc2)o1. The average molecular weight is 441 g/mol. The minimum Gasteiger partial charge on any atom is -0.414 e. The molecule has 2 aromatic heterocycles. The van der Waals surface area contributed by atoms with Crippen molar-refractivity contribution in [3.8, 4) is 23.0 Å². The fraction of sp³-hybridized carbons (Fsp3) is 0.208. The quantitative estimate of drug-likeness (QED) is 0.503. The Labute approximate surface area is 190 Å². The van der Waals surface area contributed by atoms with Gasteiger partial charge in [0.25, 0.3) is 5.89 Å². The maximum atomic E-state index is 12.6. The molecule has 2 aromatic carbocycles. The summed E-state index contributed by atoms with van der Waals surface area (Å²) in [5, 5.41) is 8.23. The number of carbonyl (C=O) groups excluding carboxylic acids is 1. The fourth-order valence-electron chi connectivity index (χ4n) is 3.78. The molecule has 0 bridgehead atoms. The Morgan fingerprint density at radius 3 is 2.30 bits per heavy atom. The topological polar surface area (TPSA) is 114 Å². The van der Waals surface area contributed by atoms with Crippen molar-refractivity contribution in [3.63, 3.8) is 0 Å². The smallest absolute Gasteiger partial charge is 0.270 e. The van der Waals surface area contributed by atoms with Gasteiger partial charge in [0.2, 0.25) is 11.8 Å². The normalized spacial score (nSPS) is 13.8.